The van der Waals surface area contributed by atoms with Crippen molar-refractivity contribution in [2.45, 2.75) is 51.0 Å². The van der Waals surface area contributed by atoms with Crippen LogP contribution >= 0.6 is 0 Å². The number of nitrogens with zero attached hydrogens (tertiary/aromatic N) is 1. The Morgan fingerprint density at radius 2 is 2.00 bits per heavy atom. The van der Waals surface area contributed by atoms with Gasteiger partial charge in [0.25, 0.3) is 0 Å². The van der Waals surface area contributed by atoms with Crippen molar-refractivity contribution in [3.8, 4) is 0 Å². The maximum atomic E-state index is 11.4. The van der Waals surface area contributed by atoms with Crippen molar-refractivity contribution in [2.24, 2.45) is 0 Å². The van der Waals surface area contributed by atoms with Gasteiger partial charge in [0.05, 0.1) is 0 Å². The molecule has 0 bridgehead atoms. The smallest absolute Gasteiger partial charge is 0.413 e. The number of carbonyl (C=O) groups excluding carboxylic acids is 1. The van der Waals surface area contributed by atoms with Crippen LogP contribution in [0.2, 0.25) is 0 Å². The minimum atomic E-state index is -1.18. The van der Waals surface area contributed by atoms with Crippen molar-refractivity contribution in [1.82, 2.24) is 4.90 Å². The highest BCUT2D eigenvalue weighted by atomic mass is 16.6. The first-order chi connectivity index (χ1) is 5.86. The van der Waals surface area contributed by atoms with E-state index >= 15 is 0 Å². The van der Waals surface area contributed by atoms with Crippen LogP contribution in [0.5, 0.6) is 0 Å². The molecule has 1 heterocycles. The summed E-state index contributed by atoms with van der Waals surface area (Å²) in [6, 6.07) is 0.185. The van der Waals surface area contributed by atoms with E-state index in [9.17, 15) is 9.90 Å². The van der Waals surface area contributed by atoms with Gasteiger partial charge in [0.2, 0.25) is 0 Å². The van der Waals surface area contributed by atoms with E-state index in [0.29, 0.717) is 0 Å². The van der Waals surface area contributed by atoms with Gasteiger partial charge in [-0.05, 0) is 33.6 Å². The molecular weight excluding hydrogens is 170 g/mol. The van der Waals surface area contributed by atoms with E-state index in [1.165, 1.54) is 4.90 Å². The van der Waals surface area contributed by atoms with Crippen LogP contribution in [0.3, 0.4) is 0 Å². The monoisotopic (exact) mass is 185 g/mol. The molecule has 1 aliphatic heterocycles. The summed E-state index contributed by atoms with van der Waals surface area (Å²) in [5.74, 6) is 0. The van der Waals surface area contributed by atoms with E-state index in [1.807, 2.05) is 0 Å². The molecule has 1 amide bonds. The Hall–Kier alpha value is -0.770. The lowest BCUT2D eigenvalue weighted by Gasteiger charge is -2.34. The lowest BCUT2D eigenvalue weighted by atomic mass is 9.96. The molecule has 74 valence electrons. The minimum absolute atomic E-state index is 0.185. The first-order valence-corrected chi connectivity index (χ1v) is 4.61. The first kappa shape index (κ1) is 8.81. The van der Waals surface area contributed by atoms with Crippen LogP contribution in [-0.2, 0) is 4.74 Å². The Labute approximate surface area is 77.5 Å². The third kappa shape index (κ3) is 1.05. The summed E-state index contributed by atoms with van der Waals surface area (Å²) in [5.41, 5.74) is -1.99. The van der Waals surface area contributed by atoms with Crippen molar-refractivity contribution in [3.05, 3.63) is 0 Å². The maximum Gasteiger partial charge on any atom is 0.413 e. The fraction of sp³-hybridized carbons (Fsp3) is 0.889. The Balaban J connectivity index is 2.32. The van der Waals surface area contributed by atoms with Crippen LogP contribution in [0.25, 0.3) is 0 Å². The lowest BCUT2D eigenvalue weighted by Crippen LogP contribution is -2.54. The molecule has 1 unspecified atom stereocenters. The fourth-order valence-electron chi connectivity index (χ4n) is 1.67. The number of carbonyl (C=O) groups is 1. The Kier molecular flexibility index (Phi) is 1.48. The van der Waals surface area contributed by atoms with Crippen LogP contribution in [0.4, 0.5) is 4.79 Å². The SMILES string of the molecule is CC1(C)OC(=O)N(C2CC2)C1(C)O. The number of rotatable bonds is 1. The number of hydrogen-bond donors (Lipinski definition) is 1. The molecule has 0 aromatic carbocycles. The van der Waals surface area contributed by atoms with Crippen molar-refractivity contribution >= 4 is 6.09 Å². The largest absolute Gasteiger partial charge is 0.438 e. The molecule has 4 nitrogen and oxygen atoms in total. The molecule has 1 atom stereocenters. The maximum absolute atomic E-state index is 11.4. The predicted molar refractivity (Wildman–Crippen MR) is 46.0 cm³/mol. The van der Waals surface area contributed by atoms with E-state index < -0.39 is 17.4 Å². The lowest BCUT2D eigenvalue weighted by molar-refractivity contribution is -0.129. The van der Waals surface area contributed by atoms with Gasteiger partial charge in [-0.2, -0.15) is 0 Å². The second-order valence-electron chi connectivity index (χ2n) is 4.50. The molecule has 1 saturated carbocycles. The molecule has 13 heavy (non-hydrogen) atoms. The number of hydrogen-bond acceptors (Lipinski definition) is 3. The highest BCUT2D eigenvalue weighted by Gasteiger charge is 2.60. The summed E-state index contributed by atoms with van der Waals surface area (Å²) < 4.78 is 5.11. The van der Waals surface area contributed by atoms with E-state index in [-0.39, 0.29) is 6.04 Å². The van der Waals surface area contributed by atoms with Gasteiger partial charge < -0.3 is 9.84 Å². The van der Waals surface area contributed by atoms with Crippen molar-refractivity contribution in [3.63, 3.8) is 0 Å². The van der Waals surface area contributed by atoms with E-state index in [1.54, 1.807) is 20.8 Å². The van der Waals surface area contributed by atoms with Crippen molar-refractivity contribution < 1.29 is 14.6 Å². The quantitative estimate of drug-likeness (QED) is 0.665. The molecule has 0 aromatic rings. The summed E-state index contributed by atoms with van der Waals surface area (Å²) in [6.45, 7) is 5.09. The first-order valence-electron chi connectivity index (χ1n) is 4.61. The van der Waals surface area contributed by atoms with Crippen LogP contribution < -0.4 is 0 Å². The van der Waals surface area contributed by atoms with Gasteiger partial charge in [-0.3, -0.25) is 4.90 Å². The molecule has 0 aromatic heterocycles. The molecule has 1 aliphatic carbocycles. The van der Waals surface area contributed by atoms with E-state index in [0.717, 1.165) is 12.8 Å². The van der Waals surface area contributed by atoms with Crippen LogP contribution in [0.1, 0.15) is 33.6 Å². The topological polar surface area (TPSA) is 49.8 Å². The number of cyclic esters (lactones) is 1. The molecule has 1 N–H and O–H groups in total. The summed E-state index contributed by atoms with van der Waals surface area (Å²) in [7, 11) is 0. The Morgan fingerprint density at radius 1 is 1.46 bits per heavy atom. The summed E-state index contributed by atoms with van der Waals surface area (Å²) >= 11 is 0. The third-order valence-electron chi connectivity index (χ3n) is 3.06. The zero-order chi connectivity index (χ0) is 9.85. The minimum Gasteiger partial charge on any atom is -0.438 e. The molecule has 0 spiro atoms. The molecule has 0 radical (unpaired) electrons. The van der Waals surface area contributed by atoms with Crippen molar-refractivity contribution in [1.29, 1.82) is 0 Å². The number of aliphatic hydroxyl groups is 1. The van der Waals surface area contributed by atoms with Crippen LogP contribution in [0, 0.1) is 0 Å². The molecular formula is C9H15NO3. The summed E-state index contributed by atoms with van der Waals surface area (Å²) in [5, 5.41) is 10.1. The molecule has 1 saturated heterocycles. The van der Waals surface area contributed by atoms with Crippen LogP contribution in [-0.4, -0.2) is 33.5 Å². The standard InChI is InChI=1S/C9H15NO3/c1-8(2)9(3,12)10(6-4-5-6)7(11)13-8/h6,12H,4-5H2,1-3H3. The third-order valence-corrected chi connectivity index (χ3v) is 3.06. The molecule has 2 aliphatic rings. The Bertz CT molecular complexity index is 256. The second-order valence-corrected chi connectivity index (χ2v) is 4.50. The summed E-state index contributed by atoms with van der Waals surface area (Å²) in [4.78, 5) is 12.9. The summed E-state index contributed by atoms with van der Waals surface area (Å²) in [6.07, 6.45) is 1.56. The number of amides is 1. The van der Waals surface area contributed by atoms with E-state index in [2.05, 4.69) is 0 Å². The van der Waals surface area contributed by atoms with E-state index in [4.69, 9.17) is 4.74 Å². The molecule has 4 heteroatoms. The second kappa shape index (κ2) is 2.18. The predicted octanol–water partition coefficient (Wildman–Crippen LogP) is 1.09. The highest BCUT2D eigenvalue weighted by molar-refractivity contribution is 5.73. The zero-order valence-corrected chi connectivity index (χ0v) is 8.20. The van der Waals surface area contributed by atoms with Gasteiger partial charge in [0.1, 0.15) is 0 Å². The Morgan fingerprint density at radius 3 is 2.31 bits per heavy atom. The van der Waals surface area contributed by atoms with Crippen molar-refractivity contribution in [2.75, 3.05) is 0 Å². The molecule has 2 fully saturated rings. The van der Waals surface area contributed by atoms with Gasteiger partial charge in [0.15, 0.2) is 11.3 Å². The van der Waals surface area contributed by atoms with Crippen LogP contribution in [0.15, 0.2) is 0 Å². The molecule has 2 rings (SSSR count). The zero-order valence-electron chi connectivity index (χ0n) is 8.20. The average Bonchev–Trinajstić information content (AvgIpc) is 2.65. The fourth-order valence-corrected chi connectivity index (χ4v) is 1.67. The normalized spacial score (nSPS) is 37.8. The highest BCUT2D eigenvalue weighted by Crippen LogP contribution is 2.43. The van der Waals surface area contributed by atoms with Gasteiger partial charge >= 0.3 is 6.09 Å². The van der Waals surface area contributed by atoms with Gasteiger partial charge in [-0.25, -0.2) is 4.79 Å². The van der Waals surface area contributed by atoms with Gasteiger partial charge in [-0.1, -0.05) is 0 Å². The van der Waals surface area contributed by atoms with Gasteiger partial charge in [-0.15, -0.1) is 0 Å². The van der Waals surface area contributed by atoms with Gasteiger partial charge in [0, 0.05) is 6.04 Å². The number of ether oxygens (including phenoxy) is 1. The average molecular weight is 185 g/mol.